The van der Waals surface area contributed by atoms with Gasteiger partial charge in [-0.25, -0.2) is 9.78 Å². The van der Waals surface area contributed by atoms with Gasteiger partial charge in [-0.05, 0) is 18.2 Å². The van der Waals surface area contributed by atoms with Gasteiger partial charge in [0, 0.05) is 12.3 Å². The molecular formula is C14H11N3O3. The van der Waals surface area contributed by atoms with Crippen molar-refractivity contribution in [3.63, 3.8) is 0 Å². The molecule has 2 N–H and O–H groups in total. The van der Waals surface area contributed by atoms with E-state index in [9.17, 15) is 4.79 Å². The molecule has 0 fully saturated rings. The number of carboxylic acids is 1. The Morgan fingerprint density at radius 1 is 1.35 bits per heavy atom. The number of ether oxygens (including phenoxy) is 1. The van der Waals surface area contributed by atoms with E-state index in [1.54, 1.807) is 37.6 Å². The summed E-state index contributed by atoms with van der Waals surface area (Å²) in [5.41, 5.74) is 1.83. The molecule has 0 spiro atoms. The van der Waals surface area contributed by atoms with E-state index in [1.165, 1.54) is 6.07 Å². The number of para-hydroxylation sites is 1. The molecule has 0 amide bonds. The number of aromatic amines is 1. The van der Waals surface area contributed by atoms with Gasteiger partial charge >= 0.3 is 5.97 Å². The summed E-state index contributed by atoms with van der Waals surface area (Å²) in [7, 11) is 1.57. The van der Waals surface area contributed by atoms with Crippen molar-refractivity contribution < 1.29 is 14.6 Å². The third-order valence-electron chi connectivity index (χ3n) is 2.95. The molecule has 6 heteroatoms. The first kappa shape index (κ1) is 12.2. The number of benzene rings is 1. The van der Waals surface area contributed by atoms with E-state index in [-0.39, 0.29) is 5.56 Å². The van der Waals surface area contributed by atoms with Crippen LogP contribution < -0.4 is 4.74 Å². The smallest absolute Gasteiger partial charge is 0.337 e. The topological polar surface area (TPSA) is 88.1 Å². The van der Waals surface area contributed by atoms with Crippen LogP contribution in [0.25, 0.3) is 22.6 Å². The lowest BCUT2D eigenvalue weighted by molar-refractivity contribution is 0.0699. The molecule has 0 atom stereocenters. The fraction of sp³-hybridized carbons (Fsp3) is 0.0714. The molecule has 0 radical (unpaired) electrons. The molecule has 0 saturated heterocycles. The fourth-order valence-electron chi connectivity index (χ4n) is 1.99. The minimum atomic E-state index is -1.01. The van der Waals surface area contributed by atoms with E-state index in [0.717, 1.165) is 0 Å². The summed E-state index contributed by atoms with van der Waals surface area (Å²) in [6.07, 6.45) is 1.61. The summed E-state index contributed by atoms with van der Waals surface area (Å²) < 4.78 is 5.14. The van der Waals surface area contributed by atoms with Crippen LogP contribution in [0.2, 0.25) is 0 Å². The van der Waals surface area contributed by atoms with E-state index in [0.29, 0.717) is 28.3 Å². The SMILES string of the molecule is COc1ccnc(-c2nc3c(C(=O)O)cccc3[nH]2)c1. The van der Waals surface area contributed by atoms with Crippen LogP contribution in [-0.2, 0) is 0 Å². The standard InChI is InChI=1S/C14H11N3O3/c1-20-8-5-6-15-11(7-8)13-16-10-4-2-3-9(14(18)19)12(10)17-13/h2-7H,1H3,(H,16,17)(H,18,19). The number of imidazole rings is 1. The summed E-state index contributed by atoms with van der Waals surface area (Å²) in [6.45, 7) is 0. The average molecular weight is 269 g/mol. The molecule has 1 aromatic carbocycles. The maximum atomic E-state index is 11.2. The molecular weight excluding hydrogens is 258 g/mol. The quantitative estimate of drug-likeness (QED) is 0.761. The van der Waals surface area contributed by atoms with E-state index >= 15 is 0 Å². The van der Waals surface area contributed by atoms with Crippen LogP contribution in [0.1, 0.15) is 10.4 Å². The number of nitrogens with one attached hydrogen (secondary N) is 1. The van der Waals surface area contributed by atoms with Crippen molar-refractivity contribution in [1.82, 2.24) is 15.0 Å². The monoisotopic (exact) mass is 269 g/mol. The average Bonchev–Trinajstić information content (AvgIpc) is 2.91. The van der Waals surface area contributed by atoms with Gasteiger partial charge in [0.25, 0.3) is 0 Å². The zero-order valence-corrected chi connectivity index (χ0v) is 10.6. The van der Waals surface area contributed by atoms with Gasteiger partial charge in [-0.15, -0.1) is 0 Å². The van der Waals surface area contributed by atoms with E-state index in [4.69, 9.17) is 9.84 Å². The zero-order valence-electron chi connectivity index (χ0n) is 10.6. The Hall–Kier alpha value is -2.89. The number of carboxylic acid groups (broad SMARTS) is 1. The number of nitrogens with zero attached hydrogens (tertiary/aromatic N) is 2. The minimum absolute atomic E-state index is 0.160. The highest BCUT2D eigenvalue weighted by atomic mass is 16.5. The molecule has 0 aliphatic heterocycles. The van der Waals surface area contributed by atoms with Gasteiger partial charge in [0.2, 0.25) is 0 Å². The van der Waals surface area contributed by atoms with Gasteiger partial charge in [-0.3, -0.25) is 4.98 Å². The second kappa shape index (κ2) is 4.65. The molecule has 2 aromatic heterocycles. The lowest BCUT2D eigenvalue weighted by Crippen LogP contribution is -1.96. The van der Waals surface area contributed by atoms with Crippen molar-refractivity contribution in [3.8, 4) is 17.3 Å². The van der Waals surface area contributed by atoms with Crippen molar-refractivity contribution in [1.29, 1.82) is 0 Å². The number of H-pyrrole nitrogens is 1. The number of aromatic carboxylic acids is 1. The molecule has 0 bridgehead atoms. The number of hydrogen-bond acceptors (Lipinski definition) is 4. The maximum Gasteiger partial charge on any atom is 0.337 e. The van der Waals surface area contributed by atoms with Crippen molar-refractivity contribution in [2.75, 3.05) is 7.11 Å². The predicted molar refractivity (Wildman–Crippen MR) is 72.8 cm³/mol. The molecule has 2 heterocycles. The largest absolute Gasteiger partial charge is 0.497 e. The number of carbonyl (C=O) groups is 1. The molecule has 20 heavy (non-hydrogen) atoms. The summed E-state index contributed by atoms with van der Waals surface area (Å²) in [5, 5.41) is 9.16. The van der Waals surface area contributed by atoms with Crippen LogP contribution in [0.4, 0.5) is 0 Å². The Kier molecular flexibility index (Phi) is 2.83. The molecule has 100 valence electrons. The second-order valence-corrected chi connectivity index (χ2v) is 4.17. The van der Waals surface area contributed by atoms with E-state index < -0.39 is 5.97 Å². The Morgan fingerprint density at radius 3 is 2.95 bits per heavy atom. The van der Waals surface area contributed by atoms with Gasteiger partial charge in [0.15, 0.2) is 5.82 Å². The highest BCUT2D eigenvalue weighted by molar-refractivity contribution is 6.01. The number of aromatic nitrogens is 3. The summed E-state index contributed by atoms with van der Waals surface area (Å²) in [6, 6.07) is 8.44. The normalized spacial score (nSPS) is 10.7. The minimum Gasteiger partial charge on any atom is -0.497 e. The fourth-order valence-corrected chi connectivity index (χ4v) is 1.99. The van der Waals surface area contributed by atoms with E-state index in [2.05, 4.69) is 15.0 Å². The van der Waals surface area contributed by atoms with Crippen molar-refractivity contribution in [3.05, 3.63) is 42.1 Å². The second-order valence-electron chi connectivity index (χ2n) is 4.17. The summed E-state index contributed by atoms with van der Waals surface area (Å²) >= 11 is 0. The summed E-state index contributed by atoms with van der Waals surface area (Å²) in [4.78, 5) is 22.8. The lowest BCUT2D eigenvalue weighted by atomic mass is 10.2. The number of fused-ring (bicyclic) bond motifs is 1. The highest BCUT2D eigenvalue weighted by Crippen LogP contribution is 2.23. The molecule has 0 saturated carbocycles. The van der Waals surface area contributed by atoms with Crippen molar-refractivity contribution >= 4 is 17.0 Å². The molecule has 0 unspecified atom stereocenters. The van der Waals surface area contributed by atoms with Crippen LogP contribution in [0.3, 0.4) is 0 Å². The zero-order chi connectivity index (χ0) is 14.1. The first-order valence-corrected chi connectivity index (χ1v) is 5.91. The van der Waals surface area contributed by atoms with Crippen molar-refractivity contribution in [2.24, 2.45) is 0 Å². The van der Waals surface area contributed by atoms with Gasteiger partial charge in [-0.2, -0.15) is 0 Å². The van der Waals surface area contributed by atoms with Crippen LogP contribution >= 0.6 is 0 Å². The predicted octanol–water partition coefficient (Wildman–Crippen LogP) is 2.33. The number of rotatable bonds is 3. The van der Waals surface area contributed by atoms with Gasteiger partial charge in [-0.1, -0.05) is 6.07 Å². The lowest BCUT2D eigenvalue weighted by Gasteiger charge is -2.00. The molecule has 6 nitrogen and oxygen atoms in total. The maximum absolute atomic E-state index is 11.2. The molecule has 3 aromatic rings. The Balaban J connectivity index is 2.17. The van der Waals surface area contributed by atoms with E-state index in [1.807, 2.05) is 0 Å². The van der Waals surface area contributed by atoms with Gasteiger partial charge in [0.05, 0.1) is 18.2 Å². The number of pyridine rings is 1. The van der Waals surface area contributed by atoms with Gasteiger partial charge in [0.1, 0.15) is 17.0 Å². The summed E-state index contributed by atoms with van der Waals surface area (Å²) in [5.74, 6) is 0.161. The highest BCUT2D eigenvalue weighted by Gasteiger charge is 2.14. The van der Waals surface area contributed by atoms with Crippen LogP contribution in [0, 0.1) is 0 Å². The Morgan fingerprint density at radius 2 is 2.20 bits per heavy atom. The first-order chi connectivity index (χ1) is 9.69. The Labute approximate surface area is 114 Å². The van der Waals surface area contributed by atoms with Gasteiger partial charge < -0.3 is 14.8 Å². The van der Waals surface area contributed by atoms with Crippen molar-refractivity contribution in [2.45, 2.75) is 0 Å². The first-order valence-electron chi connectivity index (χ1n) is 5.91. The number of methoxy groups -OCH3 is 1. The Bertz CT molecular complexity index is 795. The van der Waals surface area contributed by atoms with Crippen LogP contribution in [0.15, 0.2) is 36.5 Å². The molecule has 3 rings (SSSR count). The third-order valence-corrected chi connectivity index (χ3v) is 2.95. The van der Waals surface area contributed by atoms with Crippen LogP contribution in [-0.4, -0.2) is 33.1 Å². The van der Waals surface area contributed by atoms with Crippen LogP contribution in [0.5, 0.6) is 5.75 Å². The molecule has 0 aliphatic carbocycles. The third kappa shape index (κ3) is 1.97. The molecule has 0 aliphatic rings. The number of hydrogen-bond donors (Lipinski definition) is 2.